The van der Waals surface area contributed by atoms with Crippen molar-refractivity contribution in [3.63, 3.8) is 0 Å². The topological polar surface area (TPSA) is 110 Å². The summed E-state index contributed by atoms with van der Waals surface area (Å²) in [5.41, 5.74) is 2.47. The molecule has 12 heteroatoms. The lowest BCUT2D eigenvalue weighted by molar-refractivity contribution is -0.138. The van der Waals surface area contributed by atoms with Crippen molar-refractivity contribution >= 4 is 35.1 Å². The number of likely N-dealkylation sites (tertiary alicyclic amines) is 1. The molecular formula is C29H29Cl2N7O3. The van der Waals surface area contributed by atoms with Crippen LogP contribution in [0.4, 0.5) is 5.95 Å². The van der Waals surface area contributed by atoms with Crippen molar-refractivity contribution in [3.8, 4) is 22.9 Å². The van der Waals surface area contributed by atoms with E-state index in [1.165, 1.54) is 0 Å². The van der Waals surface area contributed by atoms with Gasteiger partial charge in [-0.1, -0.05) is 23.2 Å². The predicted octanol–water partition coefficient (Wildman–Crippen LogP) is 5.74. The lowest BCUT2D eigenvalue weighted by Gasteiger charge is -2.31. The summed E-state index contributed by atoms with van der Waals surface area (Å²) in [4.78, 5) is 31.7. The number of aromatic nitrogens is 5. The van der Waals surface area contributed by atoms with E-state index in [0.29, 0.717) is 39.9 Å². The van der Waals surface area contributed by atoms with Crippen LogP contribution >= 0.6 is 23.2 Å². The average molecular weight is 595 g/mol. The number of piperidine rings is 1. The minimum absolute atomic E-state index is 0.220. The molecule has 3 aromatic heterocycles. The van der Waals surface area contributed by atoms with Crippen molar-refractivity contribution in [2.75, 3.05) is 24.6 Å². The maximum atomic E-state index is 11.1. The van der Waals surface area contributed by atoms with Gasteiger partial charge < -0.3 is 9.84 Å². The van der Waals surface area contributed by atoms with Gasteiger partial charge in [-0.2, -0.15) is 0 Å². The molecule has 0 radical (unpaired) electrons. The summed E-state index contributed by atoms with van der Waals surface area (Å²) < 4.78 is 8.15. The highest BCUT2D eigenvalue weighted by atomic mass is 35.5. The summed E-state index contributed by atoms with van der Waals surface area (Å²) in [7, 11) is 0. The first kappa shape index (κ1) is 27.4. The van der Waals surface area contributed by atoms with Gasteiger partial charge in [-0.15, -0.1) is 0 Å². The summed E-state index contributed by atoms with van der Waals surface area (Å²) in [5.74, 6) is 1.91. The molecule has 41 heavy (non-hydrogen) atoms. The maximum absolute atomic E-state index is 11.1. The van der Waals surface area contributed by atoms with Crippen LogP contribution in [0.15, 0.2) is 55.1 Å². The van der Waals surface area contributed by atoms with Crippen LogP contribution in [-0.2, 0) is 17.8 Å². The number of imidazole rings is 1. The number of hydrogen-bond donors (Lipinski definition) is 1. The van der Waals surface area contributed by atoms with Crippen molar-refractivity contribution in [3.05, 3.63) is 76.6 Å². The van der Waals surface area contributed by atoms with Crippen molar-refractivity contribution in [2.24, 2.45) is 5.92 Å². The van der Waals surface area contributed by atoms with Crippen LogP contribution < -0.4 is 9.75 Å². The van der Waals surface area contributed by atoms with Gasteiger partial charge in [0.15, 0.2) is 5.75 Å². The van der Waals surface area contributed by atoms with Gasteiger partial charge in [0.2, 0.25) is 11.8 Å². The summed E-state index contributed by atoms with van der Waals surface area (Å²) >= 11 is 12.6. The van der Waals surface area contributed by atoms with Crippen LogP contribution in [0.3, 0.4) is 0 Å². The number of benzene rings is 1. The Balaban J connectivity index is 1.23. The number of fused-ring (bicyclic) bond motifs is 1. The number of aliphatic carboxylic acids is 1. The zero-order valence-corrected chi connectivity index (χ0v) is 23.8. The molecule has 4 aromatic rings. The molecule has 5 heterocycles. The molecule has 1 saturated heterocycles. The van der Waals surface area contributed by atoms with E-state index in [-0.39, 0.29) is 12.3 Å². The van der Waals surface area contributed by atoms with E-state index in [4.69, 9.17) is 38.0 Å². The van der Waals surface area contributed by atoms with E-state index >= 15 is 0 Å². The number of carboxylic acid groups (broad SMARTS) is 1. The third-order valence-corrected chi connectivity index (χ3v) is 7.83. The van der Waals surface area contributed by atoms with Gasteiger partial charge in [0.1, 0.15) is 5.82 Å². The zero-order chi connectivity index (χ0) is 28.3. The number of carboxylic acids is 1. The summed E-state index contributed by atoms with van der Waals surface area (Å²) in [6, 6.07) is 9.25. The van der Waals surface area contributed by atoms with E-state index in [0.717, 1.165) is 62.3 Å². The van der Waals surface area contributed by atoms with Gasteiger partial charge in [-0.05, 0) is 68.1 Å². The molecule has 0 bridgehead atoms. The van der Waals surface area contributed by atoms with Crippen molar-refractivity contribution < 1.29 is 14.6 Å². The Kier molecular flexibility index (Phi) is 8.04. The van der Waals surface area contributed by atoms with Gasteiger partial charge in [0.05, 0.1) is 18.1 Å². The quantitative estimate of drug-likeness (QED) is 0.273. The lowest BCUT2D eigenvalue weighted by Crippen LogP contribution is -2.36. The van der Waals surface area contributed by atoms with Crippen LogP contribution in [0.25, 0.3) is 11.3 Å². The molecular weight excluding hydrogens is 565 g/mol. The normalized spacial score (nSPS) is 16.0. The van der Waals surface area contributed by atoms with E-state index in [1.54, 1.807) is 24.7 Å². The number of aryl methyl sites for hydroxylation is 1. The van der Waals surface area contributed by atoms with Crippen LogP contribution in [0.5, 0.6) is 11.6 Å². The molecule has 0 atom stereocenters. The van der Waals surface area contributed by atoms with Gasteiger partial charge >= 0.3 is 5.97 Å². The predicted molar refractivity (Wildman–Crippen MR) is 155 cm³/mol. The minimum Gasteiger partial charge on any atom is -0.481 e. The fourth-order valence-electron chi connectivity index (χ4n) is 5.44. The third kappa shape index (κ3) is 6.61. The van der Waals surface area contributed by atoms with Crippen molar-refractivity contribution in [1.82, 2.24) is 29.5 Å². The first-order valence-electron chi connectivity index (χ1n) is 13.6. The van der Waals surface area contributed by atoms with E-state index in [9.17, 15) is 4.79 Å². The third-order valence-electron chi connectivity index (χ3n) is 7.39. The summed E-state index contributed by atoms with van der Waals surface area (Å²) in [6.45, 7) is 3.14. The zero-order valence-electron chi connectivity index (χ0n) is 22.3. The first-order chi connectivity index (χ1) is 19.9. The summed E-state index contributed by atoms with van der Waals surface area (Å²) in [5, 5.41) is 12.2. The number of carbonyl (C=O) groups is 1. The fourth-order valence-corrected chi connectivity index (χ4v) is 5.97. The lowest BCUT2D eigenvalue weighted by atomic mass is 9.93. The Hall–Kier alpha value is -3.73. The van der Waals surface area contributed by atoms with Gasteiger partial charge in [-0.3, -0.25) is 9.69 Å². The molecule has 0 spiro atoms. The Morgan fingerprint density at radius 1 is 1.00 bits per heavy atom. The molecule has 1 N–H and O–H groups in total. The number of rotatable bonds is 8. The fraction of sp³-hybridized carbons (Fsp3) is 0.345. The van der Waals surface area contributed by atoms with Crippen LogP contribution in [-0.4, -0.2) is 60.2 Å². The number of halogens is 2. The minimum atomic E-state index is -0.733. The van der Waals surface area contributed by atoms with Crippen molar-refractivity contribution in [1.29, 1.82) is 0 Å². The molecule has 2 aliphatic heterocycles. The van der Waals surface area contributed by atoms with Crippen LogP contribution in [0.1, 0.15) is 37.1 Å². The second-order valence-corrected chi connectivity index (χ2v) is 11.3. The number of nitrogens with zero attached hydrogens (tertiary/aromatic N) is 7. The van der Waals surface area contributed by atoms with E-state index in [1.807, 2.05) is 40.1 Å². The Morgan fingerprint density at radius 2 is 1.76 bits per heavy atom. The molecule has 0 saturated carbocycles. The second kappa shape index (κ2) is 12.0. The molecule has 1 fully saturated rings. The van der Waals surface area contributed by atoms with Crippen LogP contribution in [0.2, 0.25) is 10.0 Å². The smallest absolute Gasteiger partial charge is 0.303 e. The van der Waals surface area contributed by atoms with Gasteiger partial charge in [0.25, 0.3) is 0 Å². The number of hydrogen-bond acceptors (Lipinski definition) is 8. The monoisotopic (exact) mass is 593 g/mol. The number of anilines is 1. The summed E-state index contributed by atoms with van der Waals surface area (Å²) in [6.07, 6.45) is 10.8. The highest BCUT2D eigenvalue weighted by Gasteiger charge is 2.23. The molecule has 10 nitrogen and oxygen atoms in total. The van der Waals surface area contributed by atoms with Gasteiger partial charge in [0, 0.05) is 60.0 Å². The molecule has 212 valence electrons. The molecule has 0 amide bonds. The highest BCUT2D eigenvalue weighted by molar-refractivity contribution is 6.35. The standard InChI is InChI=1S/C29H29Cl2N7O3/c30-22-13-21(14-23(31)15-22)25-10-20(18-36-7-3-19(4-8-36)12-28(39)40)11-27(35-25)41-24-16-33-29(34-17-24)38-6-1-2-26-32-5-9-37(26)38/h5,9-11,13-17,19H,1-4,6-8,12,18H2,(H,39,40). The first-order valence-corrected chi connectivity index (χ1v) is 14.4. The van der Waals surface area contributed by atoms with Gasteiger partial charge in [-0.25, -0.2) is 29.6 Å². The Labute approximate surface area is 247 Å². The average Bonchev–Trinajstić information content (AvgIpc) is 3.43. The highest BCUT2D eigenvalue weighted by Crippen LogP contribution is 2.31. The maximum Gasteiger partial charge on any atom is 0.303 e. The second-order valence-electron chi connectivity index (χ2n) is 10.4. The Bertz CT molecular complexity index is 1520. The molecule has 6 rings (SSSR count). The van der Waals surface area contributed by atoms with E-state index in [2.05, 4.69) is 19.9 Å². The number of ether oxygens (including phenoxy) is 1. The largest absolute Gasteiger partial charge is 0.481 e. The van der Waals surface area contributed by atoms with E-state index < -0.39 is 5.97 Å². The SMILES string of the molecule is O=C(O)CC1CCN(Cc2cc(Oc3cnc(N4CCCc5nccn54)nc3)nc(-c3cc(Cl)cc(Cl)c3)c2)CC1. The Morgan fingerprint density at radius 3 is 2.49 bits per heavy atom. The molecule has 0 unspecified atom stereocenters. The van der Waals surface area contributed by atoms with Crippen molar-refractivity contribution in [2.45, 2.75) is 38.6 Å². The molecule has 0 aliphatic carbocycles. The molecule has 1 aromatic carbocycles. The van der Waals surface area contributed by atoms with Crippen LogP contribution in [0, 0.1) is 5.92 Å². The number of pyridine rings is 1. The molecule has 2 aliphatic rings.